The van der Waals surface area contributed by atoms with E-state index in [0.29, 0.717) is 6.61 Å². The largest absolute Gasteiger partial charge is 0.394 e. The second-order valence-corrected chi connectivity index (χ2v) is 4.92. The Labute approximate surface area is 102 Å². The molecule has 0 saturated heterocycles. The van der Waals surface area contributed by atoms with E-state index in [1.807, 2.05) is 11.8 Å². The highest BCUT2D eigenvalue weighted by molar-refractivity contribution is 7.98. The Morgan fingerprint density at radius 3 is 2.81 bits per heavy atom. The van der Waals surface area contributed by atoms with E-state index < -0.39 is 0 Å². The van der Waals surface area contributed by atoms with Crippen LogP contribution in [0.25, 0.3) is 0 Å². The van der Waals surface area contributed by atoms with Gasteiger partial charge >= 0.3 is 0 Å². The first-order valence-electron chi connectivity index (χ1n) is 5.56. The third-order valence-electron chi connectivity index (χ3n) is 2.37. The predicted octanol–water partition coefficient (Wildman–Crippen LogP) is 2.55. The summed E-state index contributed by atoms with van der Waals surface area (Å²) in [5.41, 5.74) is 4.08. The third kappa shape index (κ3) is 5.01. The number of thioether (sulfide) groups is 1. The predicted molar refractivity (Wildman–Crippen MR) is 70.0 cm³/mol. The van der Waals surface area contributed by atoms with Crippen molar-refractivity contribution in [2.75, 3.05) is 25.6 Å². The molecule has 0 saturated carbocycles. The van der Waals surface area contributed by atoms with Crippen molar-refractivity contribution in [3.63, 3.8) is 0 Å². The number of aliphatic hydroxyl groups excluding tert-OH is 1. The molecule has 0 bridgehead atoms. The molecule has 0 aliphatic carbocycles. The van der Waals surface area contributed by atoms with Crippen LogP contribution in [0.2, 0.25) is 0 Å². The Bertz CT molecular complexity index is 313. The molecule has 90 valence electrons. The summed E-state index contributed by atoms with van der Waals surface area (Å²) in [4.78, 5) is 0. The maximum absolute atomic E-state index is 8.54. The fourth-order valence-corrected chi connectivity index (χ4v) is 2.33. The smallest absolute Gasteiger partial charge is 0.0698 e. The Balaban J connectivity index is 2.23. The molecule has 0 aromatic heterocycles. The summed E-state index contributed by atoms with van der Waals surface area (Å²) in [5, 5.41) is 8.54. The van der Waals surface area contributed by atoms with Gasteiger partial charge in [0.05, 0.1) is 19.8 Å². The van der Waals surface area contributed by atoms with E-state index in [1.54, 1.807) is 0 Å². The molecule has 0 aliphatic rings. The van der Waals surface area contributed by atoms with Gasteiger partial charge in [-0.1, -0.05) is 23.8 Å². The number of hydrogen-bond donors (Lipinski definition) is 1. The van der Waals surface area contributed by atoms with Gasteiger partial charge < -0.3 is 9.84 Å². The average molecular weight is 240 g/mol. The van der Waals surface area contributed by atoms with E-state index in [1.165, 1.54) is 16.7 Å². The summed E-state index contributed by atoms with van der Waals surface area (Å²) in [6.07, 6.45) is 0. The molecule has 0 heterocycles. The van der Waals surface area contributed by atoms with Crippen molar-refractivity contribution in [2.24, 2.45) is 0 Å². The van der Waals surface area contributed by atoms with Crippen molar-refractivity contribution in [3.8, 4) is 0 Å². The molecule has 0 atom stereocenters. The van der Waals surface area contributed by atoms with E-state index in [-0.39, 0.29) is 6.61 Å². The number of benzene rings is 1. The van der Waals surface area contributed by atoms with Gasteiger partial charge in [-0.05, 0) is 25.0 Å². The van der Waals surface area contributed by atoms with Crippen molar-refractivity contribution in [1.29, 1.82) is 0 Å². The molecule has 1 N–H and O–H groups in total. The van der Waals surface area contributed by atoms with Crippen LogP contribution in [0.1, 0.15) is 16.7 Å². The number of ether oxygens (including phenoxy) is 1. The van der Waals surface area contributed by atoms with Crippen molar-refractivity contribution in [1.82, 2.24) is 0 Å². The zero-order valence-electron chi connectivity index (χ0n) is 10.0. The van der Waals surface area contributed by atoms with Crippen LogP contribution in [0.3, 0.4) is 0 Å². The Kier molecular flexibility index (Phi) is 6.53. The molecule has 0 spiro atoms. The number of aryl methyl sites for hydroxylation is 2. The van der Waals surface area contributed by atoms with E-state index in [4.69, 9.17) is 9.84 Å². The lowest BCUT2D eigenvalue weighted by Gasteiger charge is -2.07. The first-order chi connectivity index (χ1) is 7.74. The lowest BCUT2D eigenvalue weighted by Crippen LogP contribution is -2.02. The van der Waals surface area contributed by atoms with Gasteiger partial charge in [0.15, 0.2) is 0 Å². The van der Waals surface area contributed by atoms with Gasteiger partial charge in [0.1, 0.15) is 0 Å². The van der Waals surface area contributed by atoms with Gasteiger partial charge in [0.25, 0.3) is 0 Å². The van der Waals surface area contributed by atoms with E-state index in [2.05, 4.69) is 32.0 Å². The average Bonchev–Trinajstić information content (AvgIpc) is 2.28. The molecule has 0 aliphatic heterocycles. The topological polar surface area (TPSA) is 29.5 Å². The minimum absolute atomic E-state index is 0.113. The van der Waals surface area contributed by atoms with Crippen LogP contribution in [0.4, 0.5) is 0 Å². The van der Waals surface area contributed by atoms with E-state index in [0.717, 1.165) is 18.1 Å². The SMILES string of the molecule is Cc1ccc(C)c(CSCCOCCO)c1. The minimum Gasteiger partial charge on any atom is -0.394 e. The zero-order chi connectivity index (χ0) is 11.8. The second kappa shape index (κ2) is 7.71. The van der Waals surface area contributed by atoms with Crippen LogP contribution in [0, 0.1) is 13.8 Å². The van der Waals surface area contributed by atoms with Gasteiger partial charge in [-0.2, -0.15) is 11.8 Å². The van der Waals surface area contributed by atoms with Gasteiger partial charge in [0.2, 0.25) is 0 Å². The molecule has 0 unspecified atom stereocenters. The molecule has 0 amide bonds. The van der Waals surface area contributed by atoms with E-state index >= 15 is 0 Å². The Morgan fingerprint density at radius 1 is 1.25 bits per heavy atom. The molecule has 1 aromatic rings. The number of hydrogen-bond acceptors (Lipinski definition) is 3. The molecule has 3 heteroatoms. The van der Waals surface area contributed by atoms with Crippen LogP contribution >= 0.6 is 11.8 Å². The van der Waals surface area contributed by atoms with Gasteiger partial charge in [-0.15, -0.1) is 0 Å². The molecule has 16 heavy (non-hydrogen) atoms. The summed E-state index contributed by atoms with van der Waals surface area (Å²) in [6.45, 7) is 5.55. The maximum Gasteiger partial charge on any atom is 0.0698 e. The number of rotatable bonds is 7. The van der Waals surface area contributed by atoms with Crippen molar-refractivity contribution < 1.29 is 9.84 Å². The van der Waals surface area contributed by atoms with Crippen molar-refractivity contribution >= 4 is 11.8 Å². The molecule has 1 aromatic carbocycles. The summed E-state index contributed by atoms with van der Waals surface area (Å²) in [5.74, 6) is 2.02. The Hall–Kier alpha value is -0.510. The molecule has 0 radical (unpaired) electrons. The first kappa shape index (κ1) is 13.6. The molecular weight excluding hydrogens is 220 g/mol. The van der Waals surface area contributed by atoms with Crippen LogP contribution in [-0.4, -0.2) is 30.7 Å². The van der Waals surface area contributed by atoms with E-state index in [9.17, 15) is 0 Å². The molecule has 2 nitrogen and oxygen atoms in total. The molecule has 1 rings (SSSR count). The summed E-state index contributed by atoms with van der Waals surface area (Å²) in [6, 6.07) is 6.57. The van der Waals surface area contributed by atoms with Crippen LogP contribution in [-0.2, 0) is 10.5 Å². The fraction of sp³-hybridized carbons (Fsp3) is 0.538. The molecular formula is C13H20O2S. The number of aliphatic hydroxyl groups is 1. The highest BCUT2D eigenvalue weighted by Gasteiger charge is 1.99. The minimum atomic E-state index is 0.113. The van der Waals surface area contributed by atoms with Crippen molar-refractivity contribution in [3.05, 3.63) is 34.9 Å². The van der Waals surface area contributed by atoms with Crippen molar-refractivity contribution in [2.45, 2.75) is 19.6 Å². The van der Waals surface area contributed by atoms with Gasteiger partial charge in [0, 0.05) is 11.5 Å². The lowest BCUT2D eigenvalue weighted by molar-refractivity contribution is 0.103. The zero-order valence-corrected chi connectivity index (χ0v) is 10.8. The maximum atomic E-state index is 8.54. The van der Waals surface area contributed by atoms with Crippen LogP contribution < -0.4 is 0 Å². The fourth-order valence-electron chi connectivity index (χ4n) is 1.42. The molecule has 0 fully saturated rings. The van der Waals surface area contributed by atoms with Gasteiger partial charge in [-0.25, -0.2) is 0 Å². The van der Waals surface area contributed by atoms with Gasteiger partial charge in [-0.3, -0.25) is 0 Å². The lowest BCUT2D eigenvalue weighted by atomic mass is 10.1. The van der Waals surface area contributed by atoms with Crippen LogP contribution in [0.5, 0.6) is 0 Å². The first-order valence-corrected chi connectivity index (χ1v) is 6.72. The monoisotopic (exact) mass is 240 g/mol. The third-order valence-corrected chi connectivity index (χ3v) is 3.34. The highest BCUT2D eigenvalue weighted by atomic mass is 32.2. The standard InChI is InChI=1S/C13H20O2S/c1-11-3-4-12(2)13(9-11)10-16-8-7-15-6-5-14/h3-4,9,14H,5-8,10H2,1-2H3. The second-order valence-electron chi connectivity index (χ2n) is 3.82. The summed E-state index contributed by atoms with van der Waals surface area (Å²) in [7, 11) is 0. The summed E-state index contributed by atoms with van der Waals surface area (Å²) < 4.78 is 5.20. The quantitative estimate of drug-likeness (QED) is 0.743. The Morgan fingerprint density at radius 2 is 2.06 bits per heavy atom. The normalized spacial score (nSPS) is 10.7. The highest BCUT2D eigenvalue weighted by Crippen LogP contribution is 2.17. The van der Waals surface area contributed by atoms with Crippen LogP contribution in [0.15, 0.2) is 18.2 Å². The summed E-state index contributed by atoms with van der Waals surface area (Å²) >= 11 is 1.87.